The molecule has 8 rings (SSSR count). The molecule has 0 saturated carbocycles. The summed E-state index contributed by atoms with van der Waals surface area (Å²) in [7, 11) is 0. The zero-order valence-electron chi connectivity index (χ0n) is 23.8. The largest absolute Gasteiger partial charge is 0.457 e. The normalized spacial score (nSPS) is 19.6. The van der Waals surface area contributed by atoms with Crippen molar-refractivity contribution in [2.45, 2.75) is 36.0 Å². The van der Waals surface area contributed by atoms with E-state index in [4.69, 9.17) is 15.9 Å². The lowest BCUT2D eigenvalue weighted by molar-refractivity contribution is 0.436. The summed E-state index contributed by atoms with van der Waals surface area (Å²) in [6.45, 7) is 0. The first kappa shape index (κ1) is 26.3. The smallest absolute Gasteiger partial charge is 0.132 e. The van der Waals surface area contributed by atoms with Crippen LogP contribution in [0.2, 0.25) is 0 Å². The van der Waals surface area contributed by atoms with E-state index in [9.17, 15) is 0 Å². The minimum absolute atomic E-state index is 0.139. The van der Waals surface area contributed by atoms with E-state index in [2.05, 4.69) is 109 Å². The van der Waals surface area contributed by atoms with Crippen LogP contribution < -0.4 is 10.5 Å². The highest BCUT2D eigenvalue weighted by atomic mass is 32.2. The Balaban J connectivity index is 1.16. The fourth-order valence-electron chi connectivity index (χ4n) is 7.15. The van der Waals surface area contributed by atoms with E-state index in [1.807, 2.05) is 30.0 Å². The minimum atomic E-state index is -0.460. The maximum Gasteiger partial charge on any atom is 0.132 e. The van der Waals surface area contributed by atoms with Crippen LogP contribution >= 0.6 is 11.8 Å². The first-order valence-corrected chi connectivity index (χ1v) is 15.9. The molecule has 0 radical (unpaired) electrons. The van der Waals surface area contributed by atoms with Gasteiger partial charge in [-0.15, -0.1) is 11.8 Å². The van der Waals surface area contributed by atoms with Crippen LogP contribution in [0.1, 0.15) is 47.1 Å². The molecule has 43 heavy (non-hydrogen) atoms. The number of rotatable bonds is 5. The van der Waals surface area contributed by atoms with Gasteiger partial charge >= 0.3 is 0 Å². The molecule has 4 aromatic carbocycles. The van der Waals surface area contributed by atoms with Crippen LogP contribution in [-0.4, -0.2) is 17.0 Å². The lowest BCUT2D eigenvalue weighted by atomic mass is 9.66. The summed E-state index contributed by atoms with van der Waals surface area (Å²) in [5.74, 6) is 1.81. The van der Waals surface area contributed by atoms with Gasteiger partial charge in [0.05, 0.1) is 11.1 Å². The number of benzene rings is 4. The summed E-state index contributed by atoms with van der Waals surface area (Å²) in [6.07, 6.45) is 15.4. The minimum Gasteiger partial charge on any atom is -0.457 e. The molecule has 0 fully saturated rings. The van der Waals surface area contributed by atoms with Gasteiger partial charge in [0, 0.05) is 27.3 Å². The van der Waals surface area contributed by atoms with Gasteiger partial charge in [-0.2, -0.15) is 0 Å². The van der Waals surface area contributed by atoms with Gasteiger partial charge in [-0.1, -0.05) is 103 Å². The number of fused-ring (bicyclic) bond motifs is 9. The molecule has 0 saturated heterocycles. The van der Waals surface area contributed by atoms with Crippen LogP contribution in [0.3, 0.4) is 0 Å². The molecule has 210 valence electrons. The van der Waals surface area contributed by atoms with Gasteiger partial charge in [-0.05, 0) is 76.9 Å². The molecule has 4 aromatic rings. The summed E-state index contributed by atoms with van der Waals surface area (Å²) < 4.78 is 6.59. The number of hydrogen-bond acceptors (Lipinski definition) is 4. The maximum absolute atomic E-state index is 8.45. The van der Waals surface area contributed by atoms with Crippen molar-refractivity contribution in [2.24, 2.45) is 5.73 Å². The van der Waals surface area contributed by atoms with Crippen LogP contribution in [-0.2, 0) is 5.41 Å². The molecule has 4 heteroatoms. The van der Waals surface area contributed by atoms with Gasteiger partial charge < -0.3 is 15.9 Å². The highest BCUT2D eigenvalue weighted by Crippen LogP contribution is 2.62. The van der Waals surface area contributed by atoms with Crippen molar-refractivity contribution in [1.82, 2.24) is 0 Å². The highest BCUT2D eigenvalue weighted by molar-refractivity contribution is 8.09. The molecule has 0 bridgehead atoms. The van der Waals surface area contributed by atoms with Crippen molar-refractivity contribution in [2.75, 3.05) is 0 Å². The first-order chi connectivity index (χ1) is 21.1. The fourth-order valence-corrected chi connectivity index (χ4v) is 8.38. The molecule has 1 spiro atoms. The third-order valence-electron chi connectivity index (χ3n) is 9.17. The van der Waals surface area contributed by atoms with Crippen molar-refractivity contribution in [3.63, 3.8) is 0 Å². The van der Waals surface area contributed by atoms with E-state index in [0.29, 0.717) is 5.71 Å². The van der Waals surface area contributed by atoms with E-state index in [1.165, 1.54) is 43.8 Å². The average Bonchev–Trinajstić information content (AvgIpc) is 3.67. The lowest BCUT2D eigenvalue weighted by Gasteiger charge is -2.39. The summed E-state index contributed by atoms with van der Waals surface area (Å²) in [4.78, 5) is 1.25. The van der Waals surface area contributed by atoms with Crippen LogP contribution in [0.25, 0.3) is 16.0 Å². The summed E-state index contributed by atoms with van der Waals surface area (Å²) in [5.41, 5.74) is 16.4. The van der Waals surface area contributed by atoms with E-state index >= 15 is 0 Å². The predicted octanol–water partition coefficient (Wildman–Crippen LogP) is 9.18. The van der Waals surface area contributed by atoms with Gasteiger partial charge in [0.25, 0.3) is 0 Å². The van der Waals surface area contributed by atoms with Gasteiger partial charge in [-0.25, -0.2) is 0 Å². The molecular formula is C39H32N2OS. The SMILES string of the molecule is N=C(/C=C\C(N)C1CC=C(c2ccc3c(c2)C2(c4ccccc4O3)c3ccccc3-c3ccccc32)S1)C1=CCCC=C1. The van der Waals surface area contributed by atoms with Gasteiger partial charge in [-0.3, -0.25) is 0 Å². The number of allylic oxidation sites excluding steroid dienone is 6. The number of hydrogen-bond donors (Lipinski definition) is 2. The quantitative estimate of drug-likeness (QED) is 0.201. The van der Waals surface area contributed by atoms with Gasteiger partial charge in [0.15, 0.2) is 0 Å². The van der Waals surface area contributed by atoms with Crippen LogP contribution in [0, 0.1) is 5.41 Å². The van der Waals surface area contributed by atoms with Crippen molar-refractivity contribution in [1.29, 1.82) is 5.41 Å². The van der Waals surface area contributed by atoms with Gasteiger partial charge in [0.1, 0.15) is 11.5 Å². The molecule has 2 aliphatic heterocycles. The Kier molecular flexibility index (Phi) is 6.36. The Bertz CT molecular complexity index is 1870. The Morgan fingerprint density at radius 1 is 0.837 bits per heavy atom. The molecule has 3 N–H and O–H groups in total. The topological polar surface area (TPSA) is 59.1 Å². The molecule has 0 amide bonds. The van der Waals surface area contributed by atoms with Crippen molar-refractivity contribution in [3.8, 4) is 22.6 Å². The molecular weight excluding hydrogens is 545 g/mol. The second-order valence-electron chi connectivity index (χ2n) is 11.6. The number of para-hydroxylation sites is 1. The molecule has 2 heterocycles. The maximum atomic E-state index is 8.45. The standard InChI is InChI=1S/C39H32N2OS/c40-33(25-10-2-1-3-11-25)19-20-34(41)38-23-22-37(43-38)26-18-21-36-32(24-26)39(31-16-8-9-17-35(31)42-36)29-14-6-4-12-27(29)28-13-5-7-15-30(28)39/h2,4-22,24,34,38,40H,1,3,23,41H2/b20-19-,40-33?. The Hall–Kier alpha value is -4.38. The summed E-state index contributed by atoms with van der Waals surface area (Å²) in [5, 5.41) is 8.68. The predicted molar refractivity (Wildman–Crippen MR) is 179 cm³/mol. The van der Waals surface area contributed by atoms with Crippen molar-refractivity contribution in [3.05, 3.63) is 161 Å². The number of thioether (sulfide) groups is 1. The van der Waals surface area contributed by atoms with Crippen molar-refractivity contribution < 1.29 is 4.74 Å². The van der Waals surface area contributed by atoms with E-state index in [0.717, 1.165) is 36.3 Å². The zero-order chi connectivity index (χ0) is 29.0. The second-order valence-corrected chi connectivity index (χ2v) is 12.9. The molecule has 4 aliphatic rings. The monoisotopic (exact) mass is 576 g/mol. The summed E-state index contributed by atoms with van der Waals surface area (Å²) >= 11 is 1.84. The molecule has 2 atom stereocenters. The molecule has 2 aliphatic carbocycles. The Labute approximate surface area is 257 Å². The van der Waals surface area contributed by atoms with Crippen LogP contribution in [0.4, 0.5) is 0 Å². The van der Waals surface area contributed by atoms with Crippen LogP contribution in [0.15, 0.2) is 133 Å². The first-order valence-electron chi connectivity index (χ1n) is 15.0. The number of ether oxygens (including phenoxy) is 1. The third-order valence-corrected chi connectivity index (χ3v) is 10.6. The van der Waals surface area contributed by atoms with Crippen LogP contribution in [0.5, 0.6) is 11.5 Å². The molecule has 0 aromatic heterocycles. The average molecular weight is 577 g/mol. The van der Waals surface area contributed by atoms with Gasteiger partial charge in [0.2, 0.25) is 0 Å². The number of nitrogens with two attached hydrogens (primary N) is 1. The molecule has 2 unspecified atom stereocenters. The van der Waals surface area contributed by atoms with E-state index < -0.39 is 5.41 Å². The van der Waals surface area contributed by atoms with Crippen molar-refractivity contribution >= 4 is 22.4 Å². The lowest BCUT2D eigenvalue weighted by Crippen LogP contribution is -2.32. The van der Waals surface area contributed by atoms with E-state index in [-0.39, 0.29) is 11.3 Å². The third kappa shape index (κ3) is 4.12. The Morgan fingerprint density at radius 3 is 2.28 bits per heavy atom. The highest BCUT2D eigenvalue weighted by Gasteiger charge is 2.51. The summed E-state index contributed by atoms with van der Waals surface area (Å²) in [6, 6.07) is 32.7. The second kappa shape index (κ2) is 10.4. The Morgan fingerprint density at radius 2 is 1.53 bits per heavy atom. The number of nitrogens with one attached hydrogen (secondary N) is 1. The zero-order valence-corrected chi connectivity index (χ0v) is 24.6. The van der Waals surface area contributed by atoms with E-state index in [1.54, 1.807) is 0 Å². The molecule has 3 nitrogen and oxygen atoms in total. The fraction of sp³-hybridized carbons (Fsp3) is 0.154.